The lowest BCUT2D eigenvalue weighted by molar-refractivity contribution is -0.124. The van der Waals surface area contributed by atoms with Crippen LogP contribution in [0.15, 0.2) is 12.1 Å². The topological polar surface area (TPSA) is 75.6 Å². The van der Waals surface area contributed by atoms with Crippen molar-refractivity contribution in [2.75, 3.05) is 6.61 Å². The van der Waals surface area contributed by atoms with Gasteiger partial charge < -0.3 is 15.2 Å². The summed E-state index contributed by atoms with van der Waals surface area (Å²) < 4.78 is 5.21. The van der Waals surface area contributed by atoms with Gasteiger partial charge in [-0.2, -0.15) is 0 Å². The smallest absolute Gasteiger partial charge is 0.339 e. The zero-order valence-corrected chi connectivity index (χ0v) is 12.8. The van der Waals surface area contributed by atoms with Crippen LogP contribution < -0.4 is 10.1 Å². The van der Waals surface area contributed by atoms with E-state index in [2.05, 4.69) is 5.32 Å². The van der Waals surface area contributed by atoms with Crippen LogP contribution in [0, 0.1) is 0 Å². The largest absolute Gasteiger partial charge is 0.481 e. The molecule has 0 heterocycles. The van der Waals surface area contributed by atoms with Crippen LogP contribution in [0.5, 0.6) is 5.75 Å². The van der Waals surface area contributed by atoms with Crippen molar-refractivity contribution in [3.8, 4) is 5.75 Å². The van der Waals surface area contributed by atoms with E-state index in [1.165, 1.54) is 12.1 Å². The van der Waals surface area contributed by atoms with E-state index in [4.69, 9.17) is 33.0 Å². The monoisotopic (exact) mass is 319 g/mol. The van der Waals surface area contributed by atoms with Crippen molar-refractivity contribution in [3.63, 3.8) is 0 Å². The standard InChI is InChI=1S/C13H15Cl2NO4/c1-13(2,3)16-10(17)6-20-11-8(12(18)19)4-7(14)5-9(11)15/h4-5H,6H2,1-3H3,(H,16,17)(H,18,19). The van der Waals surface area contributed by atoms with E-state index in [1.807, 2.05) is 20.8 Å². The average molecular weight is 320 g/mol. The molecule has 0 saturated carbocycles. The second-order valence-corrected chi connectivity index (χ2v) is 6.00. The van der Waals surface area contributed by atoms with Gasteiger partial charge in [0, 0.05) is 10.6 Å². The summed E-state index contributed by atoms with van der Waals surface area (Å²) >= 11 is 11.6. The molecule has 5 nitrogen and oxygen atoms in total. The number of carboxylic acids is 1. The molecule has 0 bridgehead atoms. The number of amides is 1. The van der Waals surface area contributed by atoms with Gasteiger partial charge in [0.05, 0.1) is 5.02 Å². The molecule has 1 aromatic carbocycles. The number of ether oxygens (including phenoxy) is 1. The Bertz CT molecular complexity index is 538. The van der Waals surface area contributed by atoms with Crippen molar-refractivity contribution in [2.45, 2.75) is 26.3 Å². The van der Waals surface area contributed by atoms with Crippen molar-refractivity contribution < 1.29 is 19.4 Å². The fraction of sp³-hybridized carbons (Fsp3) is 0.385. The maximum atomic E-state index is 11.6. The number of benzene rings is 1. The Morgan fingerprint density at radius 3 is 2.40 bits per heavy atom. The molecule has 1 aromatic rings. The Morgan fingerprint density at radius 1 is 1.30 bits per heavy atom. The molecule has 1 rings (SSSR count). The summed E-state index contributed by atoms with van der Waals surface area (Å²) in [6, 6.07) is 2.57. The quantitative estimate of drug-likeness (QED) is 0.894. The first-order valence-electron chi connectivity index (χ1n) is 5.76. The van der Waals surface area contributed by atoms with E-state index in [0.717, 1.165) is 0 Å². The van der Waals surface area contributed by atoms with E-state index < -0.39 is 11.5 Å². The van der Waals surface area contributed by atoms with Gasteiger partial charge in [0.1, 0.15) is 5.56 Å². The number of rotatable bonds is 4. The summed E-state index contributed by atoms with van der Waals surface area (Å²) in [4.78, 5) is 22.7. The van der Waals surface area contributed by atoms with Crippen LogP contribution >= 0.6 is 23.2 Å². The lowest BCUT2D eigenvalue weighted by Gasteiger charge is -2.20. The summed E-state index contributed by atoms with van der Waals surface area (Å²) in [5, 5.41) is 12.0. The molecule has 110 valence electrons. The third kappa shape index (κ3) is 4.90. The molecule has 1 amide bonds. The van der Waals surface area contributed by atoms with Crippen LogP contribution in [-0.4, -0.2) is 29.1 Å². The van der Waals surface area contributed by atoms with Gasteiger partial charge in [0.25, 0.3) is 5.91 Å². The maximum Gasteiger partial charge on any atom is 0.339 e. The second-order valence-electron chi connectivity index (χ2n) is 5.16. The van der Waals surface area contributed by atoms with Crippen LogP contribution in [0.3, 0.4) is 0 Å². The molecule has 0 fully saturated rings. The molecule has 0 aliphatic rings. The molecule has 7 heteroatoms. The van der Waals surface area contributed by atoms with Crippen LogP contribution in [0.1, 0.15) is 31.1 Å². The number of hydrogen-bond acceptors (Lipinski definition) is 3. The minimum Gasteiger partial charge on any atom is -0.481 e. The predicted molar refractivity (Wildman–Crippen MR) is 76.8 cm³/mol. The first-order chi connectivity index (χ1) is 9.10. The van der Waals surface area contributed by atoms with Gasteiger partial charge in [-0.1, -0.05) is 23.2 Å². The zero-order valence-electron chi connectivity index (χ0n) is 11.3. The van der Waals surface area contributed by atoms with Gasteiger partial charge in [-0.25, -0.2) is 4.79 Å². The van der Waals surface area contributed by atoms with Crippen LogP contribution in [-0.2, 0) is 4.79 Å². The van der Waals surface area contributed by atoms with Crippen molar-refractivity contribution >= 4 is 35.1 Å². The average Bonchev–Trinajstić information content (AvgIpc) is 2.24. The molecule has 2 N–H and O–H groups in total. The SMILES string of the molecule is CC(C)(C)NC(=O)COc1c(Cl)cc(Cl)cc1C(=O)O. The Balaban J connectivity index is 2.88. The Kier molecular flexibility index (Phi) is 5.25. The maximum absolute atomic E-state index is 11.6. The highest BCUT2D eigenvalue weighted by Crippen LogP contribution is 2.32. The van der Waals surface area contributed by atoms with Crippen molar-refractivity contribution in [3.05, 3.63) is 27.7 Å². The van der Waals surface area contributed by atoms with Gasteiger partial charge in [0.2, 0.25) is 0 Å². The van der Waals surface area contributed by atoms with Gasteiger partial charge in [-0.05, 0) is 32.9 Å². The third-order valence-electron chi connectivity index (χ3n) is 2.10. The molecule has 0 spiro atoms. The number of carbonyl (C=O) groups is 2. The molecular weight excluding hydrogens is 305 g/mol. The van der Waals surface area contributed by atoms with Crippen LogP contribution in [0.2, 0.25) is 10.0 Å². The summed E-state index contributed by atoms with van der Waals surface area (Å²) in [5.41, 5.74) is -0.592. The molecule has 0 aromatic heterocycles. The number of aromatic carboxylic acids is 1. The zero-order chi connectivity index (χ0) is 15.5. The molecule has 0 aliphatic heterocycles. The van der Waals surface area contributed by atoms with E-state index in [1.54, 1.807) is 0 Å². The van der Waals surface area contributed by atoms with E-state index >= 15 is 0 Å². The molecule has 0 radical (unpaired) electrons. The molecule has 0 saturated heterocycles. The first kappa shape index (κ1) is 16.6. The van der Waals surface area contributed by atoms with Crippen molar-refractivity contribution in [2.24, 2.45) is 0 Å². The number of carbonyl (C=O) groups excluding carboxylic acids is 1. The van der Waals surface area contributed by atoms with Crippen LogP contribution in [0.25, 0.3) is 0 Å². The second kappa shape index (κ2) is 6.33. The minimum atomic E-state index is -1.24. The third-order valence-corrected chi connectivity index (χ3v) is 2.60. The Morgan fingerprint density at radius 2 is 1.90 bits per heavy atom. The highest BCUT2D eigenvalue weighted by Gasteiger charge is 2.19. The number of nitrogens with one attached hydrogen (secondary N) is 1. The predicted octanol–water partition coefficient (Wildman–Crippen LogP) is 2.99. The lowest BCUT2D eigenvalue weighted by atomic mass is 10.1. The highest BCUT2D eigenvalue weighted by molar-refractivity contribution is 6.36. The Labute approximate surface area is 126 Å². The molecular formula is C13H15Cl2NO4. The van der Waals surface area contributed by atoms with E-state index in [-0.39, 0.29) is 33.9 Å². The number of carboxylic acid groups (broad SMARTS) is 1. The Hall–Kier alpha value is -1.46. The fourth-order valence-corrected chi connectivity index (χ4v) is 2.01. The summed E-state index contributed by atoms with van der Waals surface area (Å²) in [5.74, 6) is -1.69. The van der Waals surface area contributed by atoms with Gasteiger partial charge >= 0.3 is 5.97 Å². The summed E-state index contributed by atoms with van der Waals surface area (Å²) in [6.45, 7) is 5.13. The van der Waals surface area contributed by atoms with Crippen molar-refractivity contribution in [1.29, 1.82) is 0 Å². The van der Waals surface area contributed by atoms with Gasteiger partial charge in [-0.3, -0.25) is 4.79 Å². The van der Waals surface area contributed by atoms with Gasteiger partial charge in [-0.15, -0.1) is 0 Å². The molecule has 20 heavy (non-hydrogen) atoms. The number of hydrogen-bond donors (Lipinski definition) is 2. The molecule has 0 unspecified atom stereocenters. The summed E-state index contributed by atoms with van der Waals surface area (Å²) in [6.07, 6.45) is 0. The normalized spacial score (nSPS) is 11.1. The fourth-order valence-electron chi connectivity index (χ4n) is 1.46. The van der Waals surface area contributed by atoms with E-state index in [9.17, 15) is 9.59 Å². The van der Waals surface area contributed by atoms with E-state index in [0.29, 0.717) is 0 Å². The molecule has 0 aliphatic carbocycles. The molecule has 0 atom stereocenters. The van der Waals surface area contributed by atoms with Crippen LogP contribution in [0.4, 0.5) is 0 Å². The van der Waals surface area contributed by atoms with Crippen molar-refractivity contribution in [1.82, 2.24) is 5.32 Å². The lowest BCUT2D eigenvalue weighted by Crippen LogP contribution is -2.43. The minimum absolute atomic E-state index is 0.0402. The highest BCUT2D eigenvalue weighted by atomic mass is 35.5. The number of halogens is 2. The first-order valence-corrected chi connectivity index (χ1v) is 6.52. The summed E-state index contributed by atoms with van der Waals surface area (Å²) in [7, 11) is 0. The van der Waals surface area contributed by atoms with Gasteiger partial charge in [0.15, 0.2) is 12.4 Å².